The van der Waals surface area contributed by atoms with Crippen molar-refractivity contribution in [3.8, 4) is 0 Å². The van der Waals surface area contributed by atoms with E-state index in [9.17, 15) is 0 Å². The van der Waals surface area contributed by atoms with E-state index in [0.29, 0.717) is 6.04 Å². The molecule has 17 heavy (non-hydrogen) atoms. The van der Waals surface area contributed by atoms with Gasteiger partial charge in [-0.2, -0.15) is 0 Å². The first-order valence-corrected chi connectivity index (χ1v) is 6.85. The second-order valence-corrected chi connectivity index (χ2v) is 5.48. The molecule has 0 spiro atoms. The van der Waals surface area contributed by atoms with Gasteiger partial charge in [-0.15, -0.1) is 21.5 Å². The summed E-state index contributed by atoms with van der Waals surface area (Å²) in [5.41, 5.74) is 1.49. The highest BCUT2D eigenvalue weighted by Gasteiger charge is 2.20. The van der Waals surface area contributed by atoms with Crippen LogP contribution in [0.2, 0.25) is 0 Å². The van der Waals surface area contributed by atoms with Crippen molar-refractivity contribution in [2.24, 2.45) is 7.05 Å². The zero-order valence-electron chi connectivity index (χ0n) is 9.89. The van der Waals surface area contributed by atoms with E-state index in [1.54, 1.807) is 11.2 Å². The van der Waals surface area contributed by atoms with Crippen LogP contribution in [-0.4, -0.2) is 14.8 Å². The first-order chi connectivity index (χ1) is 8.34. The molecule has 0 radical (unpaired) electrons. The Morgan fingerprint density at radius 1 is 1.59 bits per heavy atom. The molecule has 1 aliphatic carbocycles. The number of nitrogens with one attached hydrogen (secondary N) is 1. The predicted molar refractivity (Wildman–Crippen MR) is 67.8 cm³/mol. The Bertz CT molecular complexity index is 502. The summed E-state index contributed by atoms with van der Waals surface area (Å²) >= 11 is 1.88. The molecule has 90 valence electrons. The van der Waals surface area contributed by atoms with Gasteiger partial charge >= 0.3 is 0 Å². The number of hydrogen-bond acceptors (Lipinski definition) is 4. The second kappa shape index (κ2) is 4.58. The van der Waals surface area contributed by atoms with Crippen LogP contribution in [0.3, 0.4) is 0 Å². The Labute approximate surface area is 105 Å². The lowest BCUT2D eigenvalue weighted by atomic mass is 9.94. The quantitative estimate of drug-likeness (QED) is 0.904. The van der Waals surface area contributed by atoms with Gasteiger partial charge in [-0.1, -0.05) is 0 Å². The number of fused-ring (bicyclic) bond motifs is 1. The highest BCUT2D eigenvalue weighted by atomic mass is 32.1. The molecular formula is C12H16N4S. The molecule has 5 heteroatoms. The van der Waals surface area contributed by atoms with Crippen LogP contribution in [0.5, 0.6) is 0 Å². The smallest absolute Gasteiger partial charge is 0.146 e. The van der Waals surface area contributed by atoms with Crippen molar-refractivity contribution in [3.05, 3.63) is 34.0 Å². The molecule has 1 unspecified atom stereocenters. The fraction of sp³-hybridized carbons (Fsp3) is 0.500. The van der Waals surface area contributed by atoms with Gasteiger partial charge in [0.15, 0.2) is 0 Å². The average Bonchev–Trinajstić information content (AvgIpc) is 2.95. The van der Waals surface area contributed by atoms with Crippen LogP contribution in [0.1, 0.15) is 35.1 Å². The zero-order valence-corrected chi connectivity index (χ0v) is 10.7. The minimum absolute atomic E-state index is 0.488. The molecule has 3 rings (SSSR count). The Balaban J connectivity index is 1.70. The third-order valence-electron chi connectivity index (χ3n) is 3.36. The maximum Gasteiger partial charge on any atom is 0.146 e. The summed E-state index contributed by atoms with van der Waals surface area (Å²) in [4.78, 5) is 1.55. The summed E-state index contributed by atoms with van der Waals surface area (Å²) < 4.78 is 1.96. The monoisotopic (exact) mass is 248 g/mol. The lowest BCUT2D eigenvalue weighted by molar-refractivity contribution is 0.452. The molecule has 1 aliphatic rings. The molecule has 0 fully saturated rings. The number of aryl methyl sites for hydroxylation is 2. The van der Waals surface area contributed by atoms with E-state index in [1.807, 2.05) is 23.0 Å². The van der Waals surface area contributed by atoms with E-state index in [-0.39, 0.29) is 0 Å². The van der Waals surface area contributed by atoms with Gasteiger partial charge in [-0.25, -0.2) is 0 Å². The van der Waals surface area contributed by atoms with Crippen molar-refractivity contribution in [2.75, 3.05) is 0 Å². The predicted octanol–water partition coefficient (Wildman–Crippen LogP) is 2.04. The molecule has 1 N–H and O–H groups in total. The number of hydrogen-bond donors (Lipinski definition) is 1. The number of nitrogens with zero attached hydrogens (tertiary/aromatic N) is 3. The van der Waals surface area contributed by atoms with Crippen LogP contribution < -0.4 is 5.32 Å². The van der Waals surface area contributed by atoms with Gasteiger partial charge in [0.05, 0.1) is 6.54 Å². The summed E-state index contributed by atoms with van der Waals surface area (Å²) in [7, 11) is 1.98. The molecular weight excluding hydrogens is 232 g/mol. The van der Waals surface area contributed by atoms with Crippen LogP contribution in [0.15, 0.2) is 17.8 Å². The van der Waals surface area contributed by atoms with Crippen LogP contribution in [0.4, 0.5) is 0 Å². The van der Waals surface area contributed by atoms with Crippen molar-refractivity contribution in [3.63, 3.8) is 0 Å². The zero-order chi connectivity index (χ0) is 11.7. The second-order valence-electron chi connectivity index (χ2n) is 4.48. The lowest BCUT2D eigenvalue weighted by Gasteiger charge is -2.23. The van der Waals surface area contributed by atoms with Gasteiger partial charge in [0.25, 0.3) is 0 Å². The SMILES string of the molecule is Cn1cnnc1CNC1CCCc2sccc21. The minimum atomic E-state index is 0.488. The first-order valence-electron chi connectivity index (χ1n) is 5.97. The van der Waals surface area contributed by atoms with E-state index in [4.69, 9.17) is 0 Å². The molecule has 2 heterocycles. The summed E-state index contributed by atoms with van der Waals surface area (Å²) in [6.45, 7) is 0.788. The molecule has 4 nitrogen and oxygen atoms in total. The molecule has 2 aromatic rings. The Kier molecular flexibility index (Phi) is 2.94. The van der Waals surface area contributed by atoms with Crippen molar-refractivity contribution < 1.29 is 0 Å². The maximum absolute atomic E-state index is 4.10. The van der Waals surface area contributed by atoms with Crippen LogP contribution in [0, 0.1) is 0 Å². The number of rotatable bonds is 3. The Morgan fingerprint density at radius 3 is 3.35 bits per heavy atom. The van der Waals surface area contributed by atoms with E-state index < -0.39 is 0 Å². The van der Waals surface area contributed by atoms with Crippen molar-refractivity contribution in [2.45, 2.75) is 31.8 Å². The fourth-order valence-corrected chi connectivity index (χ4v) is 3.37. The summed E-state index contributed by atoms with van der Waals surface area (Å²) in [5, 5.41) is 13.8. The van der Waals surface area contributed by atoms with E-state index >= 15 is 0 Å². The normalized spacial score (nSPS) is 19.2. The van der Waals surface area contributed by atoms with Crippen molar-refractivity contribution in [1.82, 2.24) is 20.1 Å². The van der Waals surface area contributed by atoms with Gasteiger partial charge in [-0.3, -0.25) is 0 Å². The molecule has 0 bridgehead atoms. The molecule has 0 saturated carbocycles. The largest absolute Gasteiger partial charge is 0.320 e. The first kappa shape index (κ1) is 10.9. The molecule has 1 atom stereocenters. The van der Waals surface area contributed by atoms with E-state index in [1.165, 1.54) is 24.8 Å². The van der Waals surface area contributed by atoms with Gasteiger partial charge in [0.2, 0.25) is 0 Å². The summed E-state index contributed by atoms with van der Waals surface area (Å²) in [6.07, 6.45) is 5.49. The van der Waals surface area contributed by atoms with Gasteiger partial charge in [0, 0.05) is 18.0 Å². The third-order valence-corrected chi connectivity index (χ3v) is 4.36. The maximum atomic E-state index is 4.10. The molecule has 0 saturated heterocycles. The third kappa shape index (κ3) is 2.12. The van der Waals surface area contributed by atoms with E-state index in [2.05, 4.69) is 27.0 Å². The Hall–Kier alpha value is -1.20. The summed E-state index contributed by atoms with van der Waals surface area (Å²) in [6, 6.07) is 2.75. The van der Waals surface area contributed by atoms with Gasteiger partial charge in [-0.05, 0) is 36.3 Å². The van der Waals surface area contributed by atoms with Crippen molar-refractivity contribution in [1.29, 1.82) is 0 Å². The fourth-order valence-electron chi connectivity index (χ4n) is 2.38. The topological polar surface area (TPSA) is 42.7 Å². The van der Waals surface area contributed by atoms with Crippen LogP contribution >= 0.6 is 11.3 Å². The van der Waals surface area contributed by atoms with Crippen molar-refractivity contribution >= 4 is 11.3 Å². The molecule has 2 aromatic heterocycles. The van der Waals surface area contributed by atoms with Crippen LogP contribution in [0.25, 0.3) is 0 Å². The highest BCUT2D eigenvalue weighted by Crippen LogP contribution is 2.33. The highest BCUT2D eigenvalue weighted by molar-refractivity contribution is 7.10. The lowest BCUT2D eigenvalue weighted by Crippen LogP contribution is -2.25. The molecule has 0 aromatic carbocycles. The average molecular weight is 248 g/mol. The Morgan fingerprint density at radius 2 is 2.53 bits per heavy atom. The minimum Gasteiger partial charge on any atom is -0.320 e. The van der Waals surface area contributed by atoms with Crippen LogP contribution in [-0.2, 0) is 20.0 Å². The summed E-state index contributed by atoms with van der Waals surface area (Å²) in [5.74, 6) is 0.993. The number of thiophene rings is 1. The molecule has 0 amide bonds. The number of aromatic nitrogens is 3. The van der Waals surface area contributed by atoms with E-state index in [0.717, 1.165) is 12.4 Å². The van der Waals surface area contributed by atoms with Gasteiger partial charge < -0.3 is 9.88 Å². The standard InChI is InChI=1S/C12H16N4S/c1-16-8-14-15-12(16)7-13-10-3-2-4-11-9(10)5-6-17-11/h5-6,8,10,13H,2-4,7H2,1H3. The molecule has 0 aliphatic heterocycles. The van der Waals surface area contributed by atoms with Gasteiger partial charge in [0.1, 0.15) is 12.2 Å².